The molecule has 1 fully saturated rings. The maximum atomic E-state index is 14.0. The van der Waals surface area contributed by atoms with Crippen LogP contribution in [-0.4, -0.2) is 31.7 Å². The number of anilines is 1. The third-order valence-corrected chi connectivity index (χ3v) is 3.92. The number of nitrogens with two attached hydrogens (primary N) is 1. The van der Waals surface area contributed by atoms with Crippen molar-refractivity contribution in [1.82, 2.24) is 0 Å². The number of amides is 1. The highest BCUT2D eigenvalue weighted by atomic mass is 19.1. The van der Waals surface area contributed by atoms with E-state index in [2.05, 4.69) is 4.90 Å². The number of benzene rings is 2. The first-order chi connectivity index (χ1) is 12.0. The second kappa shape index (κ2) is 7.42. The van der Waals surface area contributed by atoms with Crippen LogP contribution in [0.25, 0.3) is 0 Å². The van der Waals surface area contributed by atoms with Crippen LogP contribution in [0.3, 0.4) is 0 Å². The van der Waals surface area contributed by atoms with Crippen LogP contribution in [-0.2, 0) is 4.79 Å². The summed E-state index contributed by atoms with van der Waals surface area (Å²) in [4.78, 5) is 13.0. The van der Waals surface area contributed by atoms with Crippen molar-refractivity contribution >= 4 is 11.6 Å². The van der Waals surface area contributed by atoms with E-state index in [4.69, 9.17) is 15.2 Å². The quantitative estimate of drug-likeness (QED) is 0.839. The summed E-state index contributed by atoms with van der Waals surface area (Å²) in [7, 11) is 0. The van der Waals surface area contributed by atoms with Crippen molar-refractivity contribution in [3.8, 4) is 11.5 Å². The molecule has 0 spiro atoms. The van der Waals surface area contributed by atoms with E-state index in [9.17, 15) is 9.18 Å². The van der Waals surface area contributed by atoms with E-state index in [-0.39, 0.29) is 11.9 Å². The molecule has 0 unspecified atom stereocenters. The Bertz CT molecular complexity index is 743. The molecule has 0 aromatic heterocycles. The zero-order valence-electron chi connectivity index (χ0n) is 13.9. The minimum absolute atomic E-state index is 0.0655. The molecule has 2 aromatic carbocycles. The average Bonchev–Trinajstić information content (AvgIpc) is 2.53. The molecule has 1 saturated heterocycles. The van der Waals surface area contributed by atoms with Gasteiger partial charge in [-0.1, -0.05) is 12.1 Å². The van der Waals surface area contributed by atoms with Gasteiger partial charge in [-0.3, -0.25) is 4.79 Å². The van der Waals surface area contributed by atoms with E-state index < -0.39 is 11.7 Å². The number of hydrogen-bond donors (Lipinski definition) is 1. The Morgan fingerprint density at radius 1 is 1.28 bits per heavy atom. The average molecular weight is 343 g/mol. The third kappa shape index (κ3) is 4.21. The molecular weight excluding hydrogens is 323 g/mol. The lowest BCUT2D eigenvalue weighted by molar-refractivity contribution is -0.114. The summed E-state index contributed by atoms with van der Waals surface area (Å²) in [5.74, 6) is -0.159. The smallest absolute Gasteiger partial charge is 0.226 e. The van der Waals surface area contributed by atoms with Gasteiger partial charge in [0.2, 0.25) is 5.91 Å². The number of hydrogen-bond acceptors (Lipinski definition) is 4. The lowest BCUT2D eigenvalue weighted by Crippen LogP contribution is -2.54. The highest BCUT2D eigenvalue weighted by Crippen LogP contribution is 2.28. The zero-order valence-corrected chi connectivity index (χ0v) is 13.9. The first kappa shape index (κ1) is 17.1. The van der Waals surface area contributed by atoms with E-state index in [0.29, 0.717) is 25.4 Å². The van der Waals surface area contributed by atoms with Crippen molar-refractivity contribution in [3.05, 3.63) is 60.3 Å². The Hall–Kier alpha value is -2.76. The summed E-state index contributed by atoms with van der Waals surface area (Å²) in [6, 6.07) is 12.1. The van der Waals surface area contributed by atoms with Gasteiger partial charge in [0, 0.05) is 11.8 Å². The van der Waals surface area contributed by atoms with Gasteiger partial charge < -0.3 is 20.1 Å². The second-order valence-electron chi connectivity index (χ2n) is 5.81. The zero-order chi connectivity index (χ0) is 17.8. The molecule has 0 saturated carbocycles. The summed E-state index contributed by atoms with van der Waals surface area (Å²) in [5.41, 5.74) is 6.92. The first-order valence-corrected chi connectivity index (χ1v) is 8.13. The molecule has 5 nitrogen and oxygen atoms in total. The molecule has 1 radical (unpaired) electrons. The highest BCUT2D eigenvalue weighted by Gasteiger charge is 2.29. The fourth-order valence-electron chi connectivity index (χ4n) is 2.68. The topological polar surface area (TPSA) is 64.8 Å². The Kier molecular flexibility index (Phi) is 5.07. The van der Waals surface area contributed by atoms with Gasteiger partial charge in [0.15, 0.2) is 11.6 Å². The Labute approximate surface area is 146 Å². The predicted molar refractivity (Wildman–Crippen MR) is 93.2 cm³/mol. The Balaban J connectivity index is 1.53. The minimum Gasteiger partial charge on any atom is -0.494 e. The fourth-order valence-corrected chi connectivity index (χ4v) is 2.68. The standard InChI is InChI=1S/C19H20FN2O3/c1-2-24-15-7-8-18(17(20)10-15)25-16-11-22(12-16)14-5-3-13(4-6-14)9-19(21)23/h3-10,16H,2,11-12H2,1H3,(H2,21,23). The third-order valence-electron chi connectivity index (χ3n) is 3.92. The molecule has 25 heavy (non-hydrogen) atoms. The van der Waals surface area contributed by atoms with Crippen LogP contribution in [0.2, 0.25) is 0 Å². The van der Waals surface area contributed by atoms with E-state index in [1.54, 1.807) is 12.1 Å². The molecule has 0 atom stereocenters. The number of primary amides is 1. The van der Waals surface area contributed by atoms with Crippen molar-refractivity contribution < 1.29 is 18.7 Å². The van der Waals surface area contributed by atoms with Gasteiger partial charge in [-0.05, 0) is 36.8 Å². The summed E-state index contributed by atoms with van der Waals surface area (Å²) >= 11 is 0. The van der Waals surface area contributed by atoms with E-state index >= 15 is 0 Å². The SMILES string of the molecule is CCOc1ccc(OC2CN(c3ccc([CH]C(N)=O)cc3)C2)c(F)c1. The largest absolute Gasteiger partial charge is 0.494 e. The van der Waals surface area contributed by atoms with Crippen LogP contribution in [0, 0.1) is 12.2 Å². The van der Waals surface area contributed by atoms with Crippen molar-refractivity contribution in [2.45, 2.75) is 13.0 Å². The molecule has 2 aromatic rings. The number of carbonyl (C=O) groups excluding carboxylic acids is 1. The van der Waals surface area contributed by atoms with Crippen LogP contribution in [0.15, 0.2) is 42.5 Å². The molecule has 3 rings (SSSR count). The molecule has 1 aliphatic rings. The number of nitrogens with zero attached hydrogens (tertiary/aromatic N) is 1. The molecule has 1 aliphatic heterocycles. The molecule has 131 valence electrons. The van der Waals surface area contributed by atoms with Crippen LogP contribution in [0.4, 0.5) is 10.1 Å². The number of ether oxygens (including phenoxy) is 2. The molecule has 1 heterocycles. The maximum absolute atomic E-state index is 14.0. The van der Waals surface area contributed by atoms with E-state index in [1.165, 1.54) is 12.5 Å². The van der Waals surface area contributed by atoms with Gasteiger partial charge in [-0.2, -0.15) is 0 Å². The van der Waals surface area contributed by atoms with Gasteiger partial charge in [0.1, 0.15) is 11.9 Å². The summed E-state index contributed by atoms with van der Waals surface area (Å²) < 4.78 is 25.0. The van der Waals surface area contributed by atoms with Gasteiger partial charge in [0.25, 0.3) is 0 Å². The molecule has 0 aliphatic carbocycles. The van der Waals surface area contributed by atoms with E-state index in [1.807, 2.05) is 31.2 Å². The van der Waals surface area contributed by atoms with Crippen molar-refractivity contribution in [2.24, 2.45) is 5.73 Å². The normalized spacial score (nSPS) is 14.1. The lowest BCUT2D eigenvalue weighted by Gasteiger charge is -2.40. The van der Waals surface area contributed by atoms with Crippen LogP contribution < -0.4 is 20.1 Å². The number of halogens is 1. The van der Waals surface area contributed by atoms with Crippen LogP contribution in [0.5, 0.6) is 11.5 Å². The van der Waals surface area contributed by atoms with Gasteiger partial charge in [-0.15, -0.1) is 0 Å². The second-order valence-corrected chi connectivity index (χ2v) is 5.81. The summed E-state index contributed by atoms with van der Waals surface area (Å²) in [6.07, 6.45) is 1.31. The number of rotatable bonds is 7. The molecular formula is C19H20FN2O3. The van der Waals surface area contributed by atoms with Crippen LogP contribution in [0.1, 0.15) is 12.5 Å². The summed E-state index contributed by atoms with van der Waals surface area (Å²) in [6.45, 7) is 3.69. The van der Waals surface area contributed by atoms with Crippen molar-refractivity contribution in [1.29, 1.82) is 0 Å². The molecule has 6 heteroatoms. The molecule has 0 bridgehead atoms. The first-order valence-electron chi connectivity index (χ1n) is 8.13. The van der Waals surface area contributed by atoms with Crippen molar-refractivity contribution in [3.63, 3.8) is 0 Å². The van der Waals surface area contributed by atoms with Gasteiger partial charge >= 0.3 is 0 Å². The molecule has 2 N–H and O–H groups in total. The van der Waals surface area contributed by atoms with Crippen molar-refractivity contribution in [2.75, 3.05) is 24.6 Å². The lowest BCUT2D eigenvalue weighted by atomic mass is 10.1. The van der Waals surface area contributed by atoms with Gasteiger partial charge in [-0.25, -0.2) is 4.39 Å². The molecule has 1 amide bonds. The number of carbonyl (C=O) groups is 1. The highest BCUT2D eigenvalue weighted by molar-refractivity contribution is 5.86. The fraction of sp³-hybridized carbons (Fsp3) is 0.263. The summed E-state index contributed by atoms with van der Waals surface area (Å²) in [5, 5.41) is 0. The monoisotopic (exact) mass is 343 g/mol. The van der Waals surface area contributed by atoms with E-state index in [0.717, 1.165) is 11.3 Å². The van der Waals surface area contributed by atoms with Gasteiger partial charge in [0.05, 0.1) is 26.1 Å². The minimum atomic E-state index is -0.470. The maximum Gasteiger partial charge on any atom is 0.226 e. The van der Waals surface area contributed by atoms with Crippen LogP contribution >= 0.6 is 0 Å². The predicted octanol–water partition coefficient (Wildman–Crippen LogP) is 2.53. The Morgan fingerprint density at radius 2 is 2.00 bits per heavy atom. The Morgan fingerprint density at radius 3 is 2.60 bits per heavy atom.